The second-order valence-electron chi connectivity index (χ2n) is 8.00. The van der Waals surface area contributed by atoms with Gasteiger partial charge >= 0.3 is 6.09 Å². The molecule has 0 aromatic heterocycles. The normalized spacial score (nSPS) is 16.8. The molecule has 2 amide bonds. The topological polar surface area (TPSA) is 69.6 Å². The summed E-state index contributed by atoms with van der Waals surface area (Å²) in [6.07, 6.45) is 2.81. The Bertz CT molecular complexity index is 591. The molecule has 1 fully saturated rings. The molecule has 5 nitrogen and oxygen atoms in total. The van der Waals surface area contributed by atoms with Crippen LogP contribution in [0.25, 0.3) is 0 Å². The Balaban J connectivity index is 2.14. The number of carbonyl (C=O) groups excluding carboxylic acids is 1. The van der Waals surface area contributed by atoms with Crippen LogP contribution in [0.1, 0.15) is 65.0 Å². The van der Waals surface area contributed by atoms with Gasteiger partial charge in [0.1, 0.15) is 6.04 Å². The van der Waals surface area contributed by atoms with Crippen molar-refractivity contribution in [1.29, 1.82) is 0 Å². The van der Waals surface area contributed by atoms with Crippen molar-refractivity contribution in [2.45, 2.75) is 71.0 Å². The summed E-state index contributed by atoms with van der Waals surface area (Å²) in [7, 11) is 0. The molecule has 1 aliphatic rings. The van der Waals surface area contributed by atoms with Crippen LogP contribution in [0.5, 0.6) is 0 Å². The molecule has 25 heavy (non-hydrogen) atoms. The lowest BCUT2D eigenvalue weighted by molar-refractivity contribution is -0.128. The second-order valence-corrected chi connectivity index (χ2v) is 8.00. The summed E-state index contributed by atoms with van der Waals surface area (Å²) in [6, 6.07) is 8.90. The molecule has 5 heteroatoms. The molecule has 0 bridgehead atoms. The van der Waals surface area contributed by atoms with Crippen LogP contribution < -0.4 is 5.32 Å². The van der Waals surface area contributed by atoms with E-state index in [2.05, 4.69) is 5.32 Å². The third kappa shape index (κ3) is 5.48. The standard InChI is InChI=1S/C20H30N2O3/c1-14(16-8-6-5-7-9-16)21-18(23)17(13-12-15-10-11-15)22(19(24)25)20(2,3)4/h5-9,14-15,17H,10-13H2,1-4H3,(H,21,23)(H,24,25). The summed E-state index contributed by atoms with van der Waals surface area (Å²) in [5.74, 6) is 0.437. The zero-order valence-electron chi connectivity index (χ0n) is 15.7. The van der Waals surface area contributed by atoms with Crippen LogP contribution in [-0.2, 0) is 4.79 Å². The largest absolute Gasteiger partial charge is 0.465 e. The van der Waals surface area contributed by atoms with E-state index in [1.54, 1.807) is 0 Å². The summed E-state index contributed by atoms with van der Waals surface area (Å²) >= 11 is 0. The Kier molecular flexibility index (Phi) is 6.09. The predicted octanol–water partition coefficient (Wildman–Crippen LogP) is 4.20. The fraction of sp³-hybridized carbons (Fsp3) is 0.600. The molecule has 0 saturated heterocycles. The van der Waals surface area contributed by atoms with E-state index in [1.165, 1.54) is 17.7 Å². The van der Waals surface area contributed by atoms with Gasteiger partial charge in [-0.05, 0) is 52.0 Å². The van der Waals surface area contributed by atoms with Crippen molar-refractivity contribution in [2.75, 3.05) is 0 Å². The van der Waals surface area contributed by atoms with Crippen molar-refractivity contribution in [3.05, 3.63) is 35.9 Å². The average molecular weight is 346 g/mol. The molecule has 2 N–H and O–H groups in total. The second kappa shape index (κ2) is 7.89. The number of benzene rings is 1. The minimum Gasteiger partial charge on any atom is -0.465 e. The number of amides is 2. The van der Waals surface area contributed by atoms with E-state index in [9.17, 15) is 14.7 Å². The fourth-order valence-electron chi connectivity index (χ4n) is 3.20. The molecule has 0 aliphatic heterocycles. The lowest BCUT2D eigenvalue weighted by atomic mass is 9.98. The van der Waals surface area contributed by atoms with Gasteiger partial charge in [-0.15, -0.1) is 0 Å². The quantitative estimate of drug-likeness (QED) is 0.777. The Hall–Kier alpha value is -2.04. The first-order valence-corrected chi connectivity index (χ1v) is 9.07. The highest BCUT2D eigenvalue weighted by Gasteiger charge is 2.38. The lowest BCUT2D eigenvalue weighted by Crippen LogP contribution is -2.57. The van der Waals surface area contributed by atoms with Gasteiger partial charge < -0.3 is 10.4 Å². The van der Waals surface area contributed by atoms with E-state index in [4.69, 9.17) is 0 Å². The Morgan fingerprint density at radius 2 is 1.84 bits per heavy atom. The van der Waals surface area contributed by atoms with E-state index in [1.807, 2.05) is 58.0 Å². The van der Waals surface area contributed by atoms with Crippen molar-refractivity contribution in [3.8, 4) is 0 Å². The smallest absolute Gasteiger partial charge is 0.408 e. The highest BCUT2D eigenvalue weighted by molar-refractivity contribution is 5.86. The van der Waals surface area contributed by atoms with E-state index in [-0.39, 0.29) is 11.9 Å². The zero-order valence-corrected chi connectivity index (χ0v) is 15.7. The number of rotatable bonds is 7. The predicted molar refractivity (Wildman–Crippen MR) is 98.4 cm³/mol. The molecule has 2 atom stereocenters. The number of nitrogens with zero attached hydrogens (tertiary/aromatic N) is 1. The molecular weight excluding hydrogens is 316 g/mol. The molecule has 1 aliphatic carbocycles. The van der Waals surface area contributed by atoms with Gasteiger partial charge in [-0.3, -0.25) is 9.69 Å². The molecule has 0 radical (unpaired) electrons. The molecule has 138 valence electrons. The summed E-state index contributed by atoms with van der Waals surface area (Å²) in [6.45, 7) is 7.42. The van der Waals surface area contributed by atoms with Crippen LogP contribution in [0, 0.1) is 5.92 Å². The van der Waals surface area contributed by atoms with Crippen LogP contribution in [-0.4, -0.2) is 33.6 Å². The Labute approximate surface area is 150 Å². The third-order valence-corrected chi connectivity index (χ3v) is 4.75. The summed E-state index contributed by atoms with van der Waals surface area (Å²) in [5, 5.41) is 12.7. The van der Waals surface area contributed by atoms with Crippen LogP contribution in [0.15, 0.2) is 30.3 Å². The van der Waals surface area contributed by atoms with Gasteiger partial charge in [-0.1, -0.05) is 43.2 Å². The highest BCUT2D eigenvalue weighted by atomic mass is 16.4. The number of carbonyl (C=O) groups is 2. The number of nitrogens with one attached hydrogen (secondary N) is 1. The van der Waals surface area contributed by atoms with E-state index >= 15 is 0 Å². The van der Waals surface area contributed by atoms with Crippen LogP contribution in [0.3, 0.4) is 0 Å². The number of hydrogen-bond donors (Lipinski definition) is 2. The summed E-state index contributed by atoms with van der Waals surface area (Å²) < 4.78 is 0. The maximum absolute atomic E-state index is 12.9. The molecule has 2 unspecified atom stereocenters. The van der Waals surface area contributed by atoms with Gasteiger partial charge in [-0.25, -0.2) is 4.79 Å². The summed E-state index contributed by atoms with van der Waals surface area (Å²) in [5.41, 5.74) is 0.377. The Morgan fingerprint density at radius 3 is 2.32 bits per heavy atom. The first-order chi connectivity index (χ1) is 11.7. The van der Waals surface area contributed by atoms with Gasteiger partial charge in [0, 0.05) is 5.54 Å². The van der Waals surface area contributed by atoms with Crippen LogP contribution in [0.4, 0.5) is 4.79 Å². The van der Waals surface area contributed by atoms with Crippen molar-refractivity contribution in [1.82, 2.24) is 10.2 Å². The number of hydrogen-bond acceptors (Lipinski definition) is 2. The minimum absolute atomic E-state index is 0.160. The molecule has 1 aromatic carbocycles. The maximum atomic E-state index is 12.9. The van der Waals surface area contributed by atoms with E-state index < -0.39 is 17.7 Å². The molecule has 1 aromatic rings. The molecular formula is C20H30N2O3. The monoisotopic (exact) mass is 346 g/mol. The maximum Gasteiger partial charge on any atom is 0.408 e. The molecule has 0 spiro atoms. The van der Waals surface area contributed by atoms with Crippen molar-refractivity contribution in [2.24, 2.45) is 5.92 Å². The van der Waals surface area contributed by atoms with Crippen molar-refractivity contribution >= 4 is 12.0 Å². The summed E-state index contributed by atoms with van der Waals surface area (Å²) in [4.78, 5) is 26.1. The highest BCUT2D eigenvalue weighted by Crippen LogP contribution is 2.35. The SMILES string of the molecule is CC(NC(=O)C(CCC1CC1)N(C(=O)O)C(C)(C)C)c1ccccc1. The fourth-order valence-corrected chi connectivity index (χ4v) is 3.20. The van der Waals surface area contributed by atoms with Crippen molar-refractivity contribution in [3.63, 3.8) is 0 Å². The van der Waals surface area contributed by atoms with Gasteiger partial charge in [0.05, 0.1) is 6.04 Å². The van der Waals surface area contributed by atoms with Crippen LogP contribution >= 0.6 is 0 Å². The first kappa shape index (κ1) is 19.3. The van der Waals surface area contributed by atoms with Gasteiger partial charge in [-0.2, -0.15) is 0 Å². The van der Waals surface area contributed by atoms with Crippen molar-refractivity contribution < 1.29 is 14.7 Å². The van der Waals surface area contributed by atoms with Gasteiger partial charge in [0.15, 0.2) is 0 Å². The van der Waals surface area contributed by atoms with Crippen LogP contribution in [0.2, 0.25) is 0 Å². The number of carboxylic acid groups (broad SMARTS) is 1. The van der Waals surface area contributed by atoms with E-state index in [0.29, 0.717) is 12.3 Å². The Morgan fingerprint density at radius 1 is 1.24 bits per heavy atom. The molecule has 2 rings (SSSR count). The zero-order chi connectivity index (χ0) is 18.6. The molecule has 1 saturated carbocycles. The lowest BCUT2D eigenvalue weighted by Gasteiger charge is -2.39. The van der Waals surface area contributed by atoms with E-state index in [0.717, 1.165) is 12.0 Å². The molecule has 0 heterocycles. The third-order valence-electron chi connectivity index (χ3n) is 4.75. The van der Waals surface area contributed by atoms with Gasteiger partial charge in [0.2, 0.25) is 5.91 Å². The minimum atomic E-state index is -1.05. The average Bonchev–Trinajstić information content (AvgIpc) is 3.34. The first-order valence-electron chi connectivity index (χ1n) is 9.07. The van der Waals surface area contributed by atoms with Gasteiger partial charge in [0.25, 0.3) is 0 Å².